The Bertz CT molecular complexity index is 1130. The number of ether oxygens (including phenoxy) is 1. The minimum Gasteiger partial charge on any atom is -0.463 e. The third kappa shape index (κ3) is 5.42. The number of nitrogens with one attached hydrogen (secondary N) is 1. The Labute approximate surface area is 181 Å². The van der Waals surface area contributed by atoms with Crippen molar-refractivity contribution in [2.75, 3.05) is 0 Å². The highest BCUT2D eigenvalue weighted by molar-refractivity contribution is 5.79. The largest absolute Gasteiger partial charge is 0.463 e. The first-order valence-electron chi connectivity index (χ1n) is 10.5. The third-order valence-electron chi connectivity index (χ3n) is 5.17. The molecule has 1 aromatic heterocycles. The Morgan fingerprint density at radius 2 is 1.68 bits per heavy atom. The molecule has 1 amide bonds. The highest BCUT2D eigenvalue weighted by Crippen LogP contribution is 2.19. The van der Waals surface area contributed by atoms with Gasteiger partial charge in [-0.2, -0.15) is 0 Å². The minimum atomic E-state index is -0.497. The van der Waals surface area contributed by atoms with E-state index in [0.717, 1.165) is 22.2 Å². The maximum absolute atomic E-state index is 12.7. The molecule has 3 aromatic rings. The van der Waals surface area contributed by atoms with Crippen LogP contribution in [0.15, 0.2) is 53.3 Å². The number of aryl methyl sites for hydroxylation is 3. The topological polar surface area (TPSA) is 82.3 Å². The van der Waals surface area contributed by atoms with Crippen LogP contribution in [0.1, 0.15) is 43.9 Å². The van der Waals surface area contributed by atoms with Crippen LogP contribution in [0.25, 0.3) is 11.0 Å². The predicted molar refractivity (Wildman–Crippen MR) is 120 cm³/mol. The molecule has 0 unspecified atom stereocenters. The predicted octanol–water partition coefficient (Wildman–Crippen LogP) is 3.24. The second kappa shape index (κ2) is 9.64. The first-order valence-corrected chi connectivity index (χ1v) is 10.5. The molecule has 31 heavy (non-hydrogen) atoms. The molecule has 0 aliphatic heterocycles. The van der Waals surface area contributed by atoms with Crippen molar-refractivity contribution in [2.45, 2.75) is 52.3 Å². The second-order valence-corrected chi connectivity index (χ2v) is 8.01. The van der Waals surface area contributed by atoms with Gasteiger partial charge in [0.05, 0.1) is 29.6 Å². The fourth-order valence-corrected chi connectivity index (χ4v) is 3.59. The number of benzene rings is 2. The lowest BCUT2D eigenvalue weighted by Crippen LogP contribution is -2.32. The number of carbonyl (C=O) groups excluding carboxylic acids is 2. The van der Waals surface area contributed by atoms with Gasteiger partial charge in [-0.25, -0.2) is 4.79 Å². The number of imidazole rings is 1. The summed E-state index contributed by atoms with van der Waals surface area (Å²) in [6.07, 6.45) is -0.0587. The van der Waals surface area contributed by atoms with Gasteiger partial charge in [0.1, 0.15) is 0 Å². The smallest absolute Gasteiger partial charge is 0.328 e. The standard InChI is InChI=1S/C24H29N3O4/c1-16(2)31-23(29)15-19(18-11-9-17(3)10-12-18)25-22(28)13-14-27-21-8-6-5-7-20(21)26(4)24(27)30/h5-12,16,19H,13-15H2,1-4H3,(H,25,28)/t19-/m0/s1. The lowest BCUT2D eigenvalue weighted by molar-refractivity contribution is -0.148. The number of aromatic nitrogens is 2. The van der Waals surface area contributed by atoms with Gasteiger partial charge < -0.3 is 10.1 Å². The molecule has 0 radical (unpaired) electrons. The Balaban J connectivity index is 1.73. The minimum absolute atomic E-state index is 0.0429. The molecule has 0 saturated heterocycles. The number of fused-ring (bicyclic) bond motifs is 1. The van der Waals surface area contributed by atoms with E-state index in [9.17, 15) is 14.4 Å². The van der Waals surface area contributed by atoms with Crippen LogP contribution >= 0.6 is 0 Å². The van der Waals surface area contributed by atoms with Crippen LogP contribution in [0, 0.1) is 6.92 Å². The van der Waals surface area contributed by atoms with E-state index in [-0.39, 0.29) is 43.1 Å². The number of esters is 1. The fraction of sp³-hybridized carbons (Fsp3) is 0.375. The zero-order valence-electron chi connectivity index (χ0n) is 18.4. The van der Waals surface area contributed by atoms with Crippen LogP contribution in [0.3, 0.4) is 0 Å². The Kier molecular flexibility index (Phi) is 6.95. The van der Waals surface area contributed by atoms with Crippen LogP contribution in [0.2, 0.25) is 0 Å². The number of hydrogen-bond donors (Lipinski definition) is 1. The summed E-state index contributed by atoms with van der Waals surface area (Å²) < 4.78 is 8.44. The van der Waals surface area contributed by atoms with Crippen molar-refractivity contribution in [1.82, 2.24) is 14.5 Å². The molecule has 0 spiro atoms. The summed E-state index contributed by atoms with van der Waals surface area (Å²) in [7, 11) is 1.72. The van der Waals surface area contributed by atoms with Crippen molar-refractivity contribution < 1.29 is 14.3 Å². The third-order valence-corrected chi connectivity index (χ3v) is 5.17. The number of carbonyl (C=O) groups is 2. The van der Waals surface area contributed by atoms with Gasteiger partial charge in [-0.1, -0.05) is 42.0 Å². The van der Waals surface area contributed by atoms with E-state index < -0.39 is 6.04 Å². The normalized spacial score (nSPS) is 12.2. The number of amides is 1. The van der Waals surface area contributed by atoms with Gasteiger partial charge in [0.25, 0.3) is 0 Å². The van der Waals surface area contributed by atoms with E-state index in [1.165, 1.54) is 0 Å². The lowest BCUT2D eigenvalue weighted by atomic mass is 10.0. The monoisotopic (exact) mass is 423 g/mol. The average molecular weight is 424 g/mol. The number of nitrogens with zero attached hydrogens (tertiary/aromatic N) is 2. The van der Waals surface area contributed by atoms with Gasteiger partial charge in [-0.3, -0.25) is 18.7 Å². The van der Waals surface area contributed by atoms with Crippen LogP contribution < -0.4 is 11.0 Å². The summed E-state index contributed by atoms with van der Waals surface area (Å²) in [4.78, 5) is 37.5. The molecule has 0 aliphatic rings. The lowest BCUT2D eigenvalue weighted by Gasteiger charge is -2.20. The molecule has 164 valence electrons. The molecule has 0 saturated carbocycles. The number of para-hydroxylation sites is 2. The molecule has 2 aromatic carbocycles. The first kappa shape index (κ1) is 22.3. The molecule has 3 rings (SSSR count). The zero-order valence-corrected chi connectivity index (χ0v) is 18.4. The van der Waals surface area contributed by atoms with Gasteiger partial charge in [0, 0.05) is 20.0 Å². The first-order chi connectivity index (χ1) is 14.8. The molecular formula is C24H29N3O4. The van der Waals surface area contributed by atoms with Gasteiger partial charge >= 0.3 is 11.7 Å². The Morgan fingerprint density at radius 3 is 2.32 bits per heavy atom. The number of rotatable bonds is 8. The summed E-state index contributed by atoms with van der Waals surface area (Å²) in [5.41, 5.74) is 3.38. The summed E-state index contributed by atoms with van der Waals surface area (Å²) in [6, 6.07) is 14.7. The molecule has 0 bridgehead atoms. The van der Waals surface area contributed by atoms with Gasteiger partial charge in [0.15, 0.2) is 0 Å². The maximum Gasteiger partial charge on any atom is 0.328 e. The van der Waals surface area contributed by atoms with Crippen molar-refractivity contribution in [1.29, 1.82) is 0 Å². The molecule has 1 N–H and O–H groups in total. The van der Waals surface area contributed by atoms with E-state index in [1.807, 2.05) is 55.5 Å². The van der Waals surface area contributed by atoms with Gasteiger partial charge in [0.2, 0.25) is 5.91 Å². The molecule has 0 aliphatic carbocycles. The maximum atomic E-state index is 12.7. The number of hydrogen-bond acceptors (Lipinski definition) is 4. The highest BCUT2D eigenvalue weighted by atomic mass is 16.5. The van der Waals surface area contributed by atoms with E-state index in [1.54, 1.807) is 30.0 Å². The van der Waals surface area contributed by atoms with Crippen LogP contribution in [-0.2, 0) is 27.9 Å². The van der Waals surface area contributed by atoms with E-state index in [0.29, 0.717) is 0 Å². The van der Waals surface area contributed by atoms with Crippen molar-refractivity contribution >= 4 is 22.9 Å². The van der Waals surface area contributed by atoms with E-state index >= 15 is 0 Å². The average Bonchev–Trinajstić information content (AvgIpc) is 2.96. The van der Waals surface area contributed by atoms with Gasteiger partial charge in [-0.05, 0) is 38.5 Å². The summed E-state index contributed by atoms with van der Waals surface area (Å²) in [5, 5.41) is 2.94. The Morgan fingerprint density at radius 1 is 1.03 bits per heavy atom. The second-order valence-electron chi connectivity index (χ2n) is 8.01. The molecule has 0 fully saturated rings. The quantitative estimate of drug-likeness (QED) is 0.564. The van der Waals surface area contributed by atoms with E-state index in [2.05, 4.69) is 5.32 Å². The van der Waals surface area contributed by atoms with Crippen LogP contribution in [0.4, 0.5) is 0 Å². The van der Waals surface area contributed by atoms with Crippen molar-refractivity contribution in [2.24, 2.45) is 7.05 Å². The summed E-state index contributed by atoms with van der Waals surface area (Å²) in [6.45, 7) is 5.81. The molecule has 7 heteroatoms. The fourth-order valence-electron chi connectivity index (χ4n) is 3.59. The van der Waals surface area contributed by atoms with Crippen LogP contribution in [0.5, 0.6) is 0 Å². The highest BCUT2D eigenvalue weighted by Gasteiger charge is 2.20. The zero-order chi connectivity index (χ0) is 22.5. The molecule has 1 atom stereocenters. The SMILES string of the molecule is Cc1ccc([C@H](CC(=O)OC(C)C)NC(=O)CCn2c(=O)n(C)c3ccccc32)cc1. The summed E-state index contributed by atoms with van der Waals surface area (Å²) >= 11 is 0. The molecular weight excluding hydrogens is 394 g/mol. The van der Waals surface area contributed by atoms with Crippen LogP contribution in [-0.4, -0.2) is 27.1 Å². The van der Waals surface area contributed by atoms with Crippen molar-refractivity contribution in [3.05, 3.63) is 70.1 Å². The Hall–Kier alpha value is -3.35. The van der Waals surface area contributed by atoms with Crippen molar-refractivity contribution in [3.8, 4) is 0 Å². The summed E-state index contributed by atoms with van der Waals surface area (Å²) in [5.74, 6) is -0.603. The molecule has 1 heterocycles. The van der Waals surface area contributed by atoms with Gasteiger partial charge in [-0.15, -0.1) is 0 Å². The molecule has 7 nitrogen and oxygen atoms in total. The van der Waals surface area contributed by atoms with Crippen molar-refractivity contribution in [3.63, 3.8) is 0 Å². The van der Waals surface area contributed by atoms with E-state index in [4.69, 9.17) is 4.74 Å².